The second-order valence-electron chi connectivity index (χ2n) is 4.08. The van der Waals surface area contributed by atoms with Gasteiger partial charge in [-0.3, -0.25) is 0 Å². The van der Waals surface area contributed by atoms with Crippen LogP contribution in [0.1, 0.15) is 6.92 Å². The van der Waals surface area contributed by atoms with Crippen LogP contribution in [0.15, 0.2) is 23.1 Å². The van der Waals surface area contributed by atoms with Gasteiger partial charge in [0.2, 0.25) is 10.0 Å². The number of halogens is 2. The van der Waals surface area contributed by atoms with E-state index in [9.17, 15) is 22.3 Å². The van der Waals surface area contributed by atoms with Crippen LogP contribution in [0.4, 0.5) is 8.78 Å². The van der Waals surface area contributed by atoms with E-state index in [1.807, 2.05) is 4.72 Å². The van der Waals surface area contributed by atoms with Gasteiger partial charge in [-0.2, -0.15) is 0 Å². The van der Waals surface area contributed by atoms with Crippen molar-refractivity contribution in [2.75, 3.05) is 13.2 Å². The van der Waals surface area contributed by atoms with E-state index in [1.165, 1.54) is 6.92 Å². The third-order valence-electron chi connectivity index (χ3n) is 2.13. The lowest BCUT2D eigenvalue weighted by Crippen LogP contribution is -2.43. The molecular formula is C10H13F2NO4S. The minimum atomic E-state index is -4.15. The molecule has 0 aliphatic heterocycles. The first-order valence-electron chi connectivity index (χ1n) is 4.95. The van der Waals surface area contributed by atoms with Crippen molar-refractivity contribution in [2.24, 2.45) is 0 Å². The average molecular weight is 281 g/mol. The molecule has 5 nitrogen and oxygen atoms in total. The zero-order valence-electron chi connectivity index (χ0n) is 9.52. The summed E-state index contributed by atoms with van der Waals surface area (Å²) in [6, 6.07) is 1.85. The van der Waals surface area contributed by atoms with E-state index < -0.39 is 45.3 Å². The Bertz CT molecular complexity index is 510. The highest BCUT2D eigenvalue weighted by molar-refractivity contribution is 7.89. The Morgan fingerprint density at radius 1 is 1.28 bits per heavy atom. The van der Waals surface area contributed by atoms with Gasteiger partial charge in [0.05, 0.1) is 17.1 Å². The lowest BCUT2D eigenvalue weighted by molar-refractivity contribution is 0.00681. The molecule has 0 heterocycles. The largest absolute Gasteiger partial charge is 0.393 e. The van der Waals surface area contributed by atoms with Gasteiger partial charge < -0.3 is 10.2 Å². The van der Waals surface area contributed by atoms with Crippen LogP contribution in [0, 0.1) is 11.6 Å². The van der Waals surface area contributed by atoms with Crippen LogP contribution in [-0.4, -0.2) is 37.4 Å². The van der Waals surface area contributed by atoms with Gasteiger partial charge in [-0.05, 0) is 19.1 Å². The van der Waals surface area contributed by atoms with Crippen molar-refractivity contribution >= 4 is 10.0 Å². The minimum absolute atomic E-state index is 0.482. The normalized spacial score (nSPS) is 15.4. The van der Waals surface area contributed by atoms with E-state index in [1.54, 1.807) is 0 Å². The Kier molecular flexibility index (Phi) is 4.38. The van der Waals surface area contributed by atoms with Gasteiger partial charge in [0.25, 0.3) is 0 Å². The van der Waals surface area contributed by atoms with E-state index in [-0.39, 0.29) is 0 Å². The fraction of sp³-hybridized carbons (Fsp3) is 0.400. The number of sulfonamides is 1. The molecule has 0 aliphatic rings. The predicted molar refractivity (Wildman–Crippen MR) is 59.3 cm³/mol. The highest BCUT2D eigenvalue weighted by Gasteiger charge is 2.24. The van der Waals surface area contributed by atoms with Gasteiger partial charge in [-0.1, -0.05) is 0 Å². The van der Waals surface area contributed by atoms with Gasteiger partial charge in [0, 0.05) is 12.6 Å². The summed E-state index contributed by atoms with van der Waals surface area (Å²) in [6.45, 7) is 0.0681. The molecule has 1 unspecified atom stereocenters. The first kappa shape index (κ1) is 15.0. The molecule has 0 spiro atoms. The number of rotatable bonds is 5. The Balaban J connectivity index is 2.93. The molecule has 0 radical (unpaired) electrons. The Morgan fingerprint density at radius 2 is 1.78 bits per heavy atom. The molecule has 8 heteroatoms. The van der Waals surface area contributed by atoms with Crippen molar-refractivity contribution in [3.05, 3.63) is 29.8 Å². The van der Waals surface area contributed by atoms with E-state index in [2.05, 4.69) is 0 Å². The Morgan fingerprint density at radius 3 is 2.22 bits per heavy atom. The Hall–Kier alpha value is -1.09. The van der Waals surface area contributed by atoms with Crippen LogP contribution in [0.2, 0.25) is 0 Å². The first-order valence-corrected chi connectivity index (χ1v) is 6.44. The summed E-state index contributed by atoms with van der Waals surface area (Å²) < 4.78 is 51.0. The maximum absolute atomic E-state index is 12.9. The van der Waals surface area contributed by atoms with E-state index >= 15 is 0 Å². The van der Waals surface area contributed by atoms with Gasteiger partial charge in [-0.15, -0.1) is 0 Å². The highest BCUT2D eigenvalue weighted by atomic mass is 32.2. The number of nitrogens with one attached hydrogen (secondary N) is 1. The van der Waals surface area contributed by atoms with E-state index in [0.29, 0.717) is 18.2 Å². The van der Waals surface area contributed by atoms with Gasteiger partial charge in [0.15, 0.2) is 0 Å². The second-order valence-corrected chi connectivity index (χ2v) is 5.85. The molecule has 0 bridgehead atoms. The molecule has 0 saturated heterocycles. The standard InChI is InChI=1S/C10H13F2NO4S/c1-10(15,6-14)5-13-18(16,17)9-3-7(11)2-8(12)4-9/h2-4,13-15H,5-6H2,1H3. The second kappa shape index (κ2) is 5.27. The molecule has 1 aromatic carbocycles. The molecule has 1 rings (SSSR count). The zero-order valence-corrected chi connectivity index (χ0v) is 10.3. The molecule has 0 amide bonds. The summed E-state index contributed by atoms with van der Waals surface area (Å²) in [5, 5.41) is 18.2. The summed E-state index contributed by atoms with van der Waals surface area (Å²) in [4.78, 5) is -0.589. The molecule has 0 fully saturated rings. The molecular weight excluding hydrogens is 268 g/mol. The third kappa shape index (κ3) is 3.98. The van der Waals surface area contributed by atoms with Crippen LogP contribution in [-0.2, 0) is 10.0 Å². The van der Waals surface area contributed by atoms with Gasteiger partial charge >= 0.3 is 0 Å². The number of hydrogen-bond acceptors (Lipinski definition) is 4. The van der Waals surface area contributed by atoms with Gasteiger partial charge in [-0.25, -0.2) is 21.9 Å². The van der Waals surface area contributed by atoms with E-state index in [0.717, 1.165) is 0 Å². The summed E-state index contributed by atoms with van der Waals surface area (Å²) in [6.07, 6.45) is 0. The number of aliphatic hydroxyl groups excluding tert-OH is 1. The molecule has 102 valence electrons. The molecule has 0 saturated carbocycles. The summed E-state index contributed by atoms with van der Waals surface area (Å²) in [7, 11) is -4.15. The van der Waals surface area contributed by atoms with Crippen LogP contribution in [0.25, 0.3) is 0 Å². The van der Waals surface area contributed by atoms with Crippen molar-refractivity contribution in [1.29, 1.82) is 0 Å². The van der Waals surface area contributed by atoms with Crippen molar-refractivity contribution in [2.45, 2.75) is 17.4 Å². The smallest absolute Gasteiger partial charge is 0.240 e. The fourth-order valence-electron chi connectivity index (χ4n) is 1.07. The zero-order chi connectivity index (χ0) is 14.0. The lowest BCUT2D eigenvalue weighted by Gasteiger charge is -2.20. The first-order chi connectivity index (χ1) is 8.16. The molecule has 3 N–H and O–H groups in total. The minimum Gasteiger partial charge on any atom is -0.393 e. The number of aliphatic hydroxyl groups is 2. The molecule has 0 aliphatic carbocycles. The molecule has 1 atom stereocenters. The Labute approximate surface area is 103 Å². The summed E-state index contributed by atoms with van der Waals surface area (Å²) >= 11 is 0. The van der Waals surface area contributed by atoms with Gasteiger partial charge in [0.1, 0.15) is 11.6 Å². The average Bonchev–Trinajstić information content (AvgIpc) is 2.25. The summed E-state index contributed by atoms with van der Waals surface area (Å²) in [5.41, 5.74) is -1.65. The van der Waals surface area contributed by atoms with Crippen LogP contribution in [0.3, 0.4) is 0 Å². The SMILES string of the molecule is CC(O)(CO)CNS(=O)(=O)c1cc(F)cc(F)c1. The molecule has 0 aromatic heterocycles. The molecule has 1 aromatic rings. The van der Waals surface area contributed by atoms with Crippen molar-refractivity contribution in [3.63, 3.8) is 0 Å². The maximum Gasteiger partial charge on any atom is 0.240 e. The topological polar surface area (TPSA) is 86.6 Å². The van der Waals surface area contributed by atoms with Crippen LogP contribution >= 0.6 is 0 Å². The molecule has 18 heavy (non-hydrogen) atoms. The lowest BCUT2D eigenvalue weighted by atomic mass is 10.1. The van der Waals surface area contributed by atoms with E-state index in [4.69, 9.17) is 5.11 Å². The predicted octanol–water partition coefficient (Wildman–Crippen LogP) is -0.0136. The maximum atomic E-state index is 12.9. The summed E-state index contributed by atoms with van der Waals surface area (Å²) in [5.74, 6) is -2.05. The number of hydrogen-bond donors (Lipinski definition) is 3. The quantitative estimate of drug-likeness (QED) is 0.708. The highest BCUT2D eigenvalue weighted by Crippen LogP contribution is 2.14. The van der Waals surface area contributed by atoms with Crippen LogP contribution in [0.5, 0.6) is 0 Å². The van der Waals surface area contributed by atoms with Crippen molar-refractivity contribution < 1.29 is 27.4 Å². The monoisotopic (exact) mass is 281 g/mol. The fourth-order valence-corrected chi connectivity index (χ4v) is 2.28. The third-order valence-corrected chi connectivity index (χ3v) is 3.51. The number of benzene rings is 1. The van der Waals surface area contributed by atoms with Crippen molar-refractivity contribution in [1.82, 2.24) is 4.72 Å². The van der Waals surface area contributed by atoms with Crippen molar-refractivity contribution in [3.8, 4) is 0 Å². The van der Waals surface area contributed by atoms with Crippen LogP contribution < -0.4 is 4.72 Å².